The fourth-order valence-corrected chi connectivity index (χ4v) is 3.76. The van der Waals surface area contributed by atoms with Gasteiger partial charge in [-0.3, -0.25) is 4.90 Å². The summed E-state index contributed by atoms with van der Waals surface area (Å²) in [6, 6.07) is 14.6. The van der Waals surface area contributed by atoms with Crippen molar-refractivity contribution in [1.29, 1.82) is 0 Å². The Morgan fingerprint density at radius 2 is 1.85 bits per heavy atom. The van der Waals surface area contributed by atoms with E-state index in [1.54, 1.807) is 24.3 Å². The molecule has 2 aromatic rings. The summed E-state index contributed by atoms with van der Waals surface area (Å²) < 4.78 is 71.6. The van der Waals surface area contributed by atoms with Crippen molar-refractivity contribution in [2.45, 2.75) is 9.79 Å². The van der Waals surface area contributed by atoms with E-state index in [1.165, 1.54) is 11.8 Å². The first-order valence-corrected chi connectivity index (χ1v) is 9.33. The van der Waals surface area contributed by atoms with Crippen LogP contribution in [0.1, 0.15) is 16.5 Å². The van der Waals surface area contributed by atoms with E-state index < -0.39 is 52.4 Å². The Balaban J connectivity index is 1.72. The first-order valence-electron chi connectivity index (χ1n) is 12.5. The summed E-state index contributed by atoms with van der Waals surface area (Å²) in [7, 11) is 0. The number of amidine groups is 1. The average Bonchev–Trinajstić information content (AvgIpc) is 2.93. The zero-order valence-corrected chi connectivity index (χ0v) is 15.4. The molecule has 0 unspecified atom stereocenters. The van der Waals surface area contributed by atoms with Crippen LogP contribution in [0.5, 0.6) is 0 Å². The number of hydrogen-bond acceptors (Lipinski definition) is 6. The largest absolute Gasteiger partial charge is 0.394 e. The summed E-state index contributed by atoms with van der Waals surface area (Å²) in [5, 5.41) is 9.04. The summed E-state index contributed by atoms with van der Waals surface area (Å²) in [5.74, 6) is 0.112. The van der Waals surface area contributed by atoms with Crippen LogP contribution in [0.15, 0.2) is 63.3 Å². The minimum atomic E-state index is -2.48. The first kappa shape index (κ1) is 11.2. The number of nitrogens with zero attached hydrogens (tertiary/aromatic N) is 3. The van der Waals surface area contributed by atoms with Crippen LogP contribution in [-0.4, -0.2) is 73.1 Å². The number of benzene rings is 2. The molecule has 1 fully saturated rings. The van der Waals surface area contributed by atoms with Gasteiger partial charge in [0.25, 0.3) is 0 Å². The van der Waals surface area contributed by atoms with E-state index in [1.807, 2.05) is 24.3 Å². The lowest BCUT2D eigenvalue weighted by Gasteiger charge is -2.36. The van der Waals surface area contributed by atoms with Crippen LogP contribution in [0.3, 0.4) is 0 Å². The molecule has 27 heavy (non-hydrogen) atoms. The Bertz CT molecular complexity index is 1110. The number of para-hydroxylation sites is 1. The average molecular weight is 392 g/mol. The van der Waals surface area contributed by atoms with E-state index in [9.17, 15) is 0 Å². The second-order valence-electron chi connectivity index (χ2n) is 5.76. The normalized spacial score (nSPS) is 26.3. The Hall–Kier alpha value is -1.86. The van der Waals surface area contributed by atoms with Gasteiger partial charge in [0.15, 0.2) is 0 Å². The maximum atomic E-state index is 9.04. The standard InChI is InChI=1S/C21H25N3O2S/c25-14-16-26-15-13-23-9-11-24(12-10-23)21-17-5-1-3-7-19(17)27-20-8-4-2-6-18(20)22-21/h1-8,25H,9-16H2/i11D2,12D2,13D2,16D2. The van der Waals surface area contributed by atoms with Crippen LogP contribution in [0.2, 0.25) is 0 Å². The minimum Gasteiger partial charge on any atom is -0.394 e. The van der Waals surface area contributed by atoms with Gasteiger partial charge in [0.05, 0.1) is 33.7 Å². The lowest BCUT2D eigenvalue weighted by atomic mass is 10.1. The molecule has 5 nitrogen and oxygen atoms in total. The van der Waals surface area contributed by atoms with Gasteiger partial charge >= 0.3 is 0 Å². The highest BCUT2D eigenvalue weighted by Gasteiger charge is 2.24. The van der Waals surface area contributed by atoms with Crippen LogP contribution in [0.4, 0.5) is 5.69 Å². The number of piperazine rings is 1. The predicted molar refractivity (Wildman–Crippen MR) is 109 cm³/mol. The minimum absolute atomic E-state index is 0.112. The fourth-order valence-electron chi connectivity index (χ4n) is 2.75. The summed E-state index contributed by atoms with van der Waals surface area (Å²) in [6.07, 6.45) is 0. The van der Waals surface area contributed by atoms with Gasteiger partial charge in [-0.1, -0.05) is 42.1 Å². The Morgan fingerprint density at radius 3 is 2.67 bits per heavy atom. The predicted octanol–water partition coefficient (Wildman–Crippen LogP) is 2.86. The molecule has 0 aromatic heterocycles. The molecule has 2 aromatic carbocycles. The lowest BCUT2D eigenvalue weighted by Crippen LogP contribution is -2.49. The second kappa shape index (κ2) is 8.89. The summed E-state index contributed by atoms with van der Waals surface area (Å²) in [4.78, 5) is 8.27. The third-order valence-corrected chi connectivity index (χ3v) is 5.16. The van der Waals surface area contributed by atoms with E-state index in [4.69, 9.17) is 20.8 Å². The Kier molecular flexibility index (Phi) is 3.69. The van der Waals surface area contributed by atoms with Gasteiger partial charge in [-0.15, -0.1) is 0 Å². The third kappa shape index (κ3) is 4.35. The monoisotopic (exact) mass is 391 g/mol. The Labute approximate surface area is 175 Å². The van der Waals surface area contributed by atoms with Gasteiger partial charge in [0.1, 0.15) is 5.84 Å². The van der Waals surface area contributed by atoms with Crippen molar-refractivity contribution in [3.05, 3.63) is 54.1 Å². The Morgan fingerprint density at radius 1 is 1.11 bits per heavy atom. The van der Waals surface area contributed by atoms with Crippen molar-refractivity contribution in [3.8, 4) is 0 Å². The van der Waals surface area contributed by atoms with Crippen LogP contribution in [-0.2, 0) is 4.74 Å². The topological polar surface area (TPSA) is 48.3 Å². The maximum Gasteiger partial charge on any atom is 0.137 e. The second-order valence-corrected chi connectivity index (χ2v) is 6.84. The van der Waals surface area contributed by atoms with Crippen LogP contribution < -0.4 is 0 Å². The third-order valence-electron chi connectivity index (χ3n) is 4.02. The van der Waals surface area contributed by atoms with E-state index in [0.29, 0.717) is 11.3 Å². The van der Waals surface area contributed by atoms with Crippen molar-refractivity contribution < 1.29 is 20.8 Å². The maximum absolute atomic E-state index is 9.04. The van der Waals surface area contributed by atoms with Crippen molar-refractivity contribution in [2.24, 2.45) is 4.99 Å². The SMILES string of the molecule is [2H]C([2H])(CO)OCC([2H])([2H])N1CC([2H])([2H])N(C2=Nc3ccccc3Sc3ccccc32)C([2H])([2H])C1. The molecule has 1 saturated heterocycles. The summed E-state index contributed by atoms with van der Waals surface area (Å²) in [5.41, 5.74) is 1.14. The van der Waals surface area contributed by atoms with Gasteiger partial charge in [-0.25, -0.2) is 4.99 Å². The van der Waals surface area contributed by atoms with E-state index in [-0.39, 0.29) is 5.84 Å². The van der Waals surface area contributed by atoms with Crippen LogP contribution in [0.25, 0.3) is 0 Å². The molecule has 0 spiro atoms. The van der Waals surface area contributed by atoms with Gasteiger partial charge in [-0.2, -0.15) is 0 Å². The highest BCUT2D eigenvalue weighted by atomic mass is 32.2. The number of fused-ring (bicyclic) bond motifs is 2. The van der Waals surface area contributed by atoms with E-state index in [0.717, 1.165) is 19.6 Å². The number of ether oxygens (including phenoxy) is 1. The first-order chi connectivity index (χ1) is 16.3. The van der Waals surface area contributed by atoms with E-state index in [2.05, 4.69) is 4.99 Å². The van der Waals surface area contributed by atoms with Gasteiger partial charge < -0.3 is 14.7 Å². The number of aliphatic imine (C=N–C) groups is 1. The zero-order valence-electron chi connectivity index (χ0n) is 22.6. The van der Waals surface area contributed by atoms with Gasteiger partial charge in [0, 0.05) is 50.7 Å². The van der Waals surface area contributed by atoms with Crippen molar-refractivity contribution in [3.63, 3.8) is 0 Å². The quantitative estimate of drug-likeness (QED) is 0.849. The molecule has 0 bridgehead atoms. The molecular formula is C21H25N3O2S. The number of aliphatic hydroxyl groups excluding tert-OH is 1. The summed E-state index contributed by atoms with van der Waals surface area (Å²) >= 11 is 1.46. The van der Waals surface area contributed by atoms with Crippen molar-refractivity contribution >= 4 is 23.3 Å². The number of rotatable bonds is 5. The smallest absolute Gasteiger partial charge is 0.137 e. The van der Waals surface area contributed by atoms with Crippen molar-refractivity contribution in [1.82, 2.24) is 9.80 Å². The molecule has 2 aliphatic rings. The molecule has 0 radical (unpaired) electrons. The molecule has 4 rings (SSSR count). The molecule has 1 N–H and O–H groups in total. The highest BCUT2D eigenvalue weighted by molar-refractivity contribution is 7.99. The molecule has 2 aliphatic heterocycles. The van der Waals surface area contributed by atoms with Gasteiger partial charge in [0.2, 0.25) is 0 Å². The van der Waals surface area contributed by atoms with Crippen molar-refractivity contribution in [2.75, 3.05) is 52.4 Å². The summed E-state index contributed by atoms with van der Waals surface area (Å²) in [6.45, 7) is -12.5. The molecule has 0 saturated carbocycles. The molecule has 6 heteroatoms. The zero-order chi connectivity index (χ0) is 25.6. The molecule has 142 valence electrons. The number of aliphatic hydroxyl groups is 1. The van der Waals surface area contributed by atoms with Crippen LogP contribution >= 0.6 is 11.8 Å². The highest BCUT2D eigenvalue weighted by Crippen LogP contribution is 2.40. The van der Waals surface area contributed by atoms with Gasteiger partial charge in [-0.05, 0) is 18.2 Å². The fraction of sp³-hybridized carbons (Fsp3) is 0.381. The van der Waals surface area contributed by atoms with Crippen LogP contribution in [0, 0.1) is 0 Å². The lowest BCUT2D eigenvalue weighted by molar-refractivity contribution is 0.0652. The molecule has 2 heterocycles. The molecule has 0 amide bonds. The van der Waals surface area contributed by atoms with E-state index >= 15 is 0 Å². The molecule has 0 aliphatic carbocycles. The molecular weight excluding hydrogens is 358 g/mol. The molecule has 0 atom stereocenters. The number of hydrogen-bond donors (Lipinski definition) is 1.